The molecule has 1 amide bonds. The first-order chi connectivity index (χ1) is 15.1. The quantitative estimate of drug-likeness (QED) is 0.617. The number of hydrogen-bond acceptors (Lipinski definition) is 6. The summed E-state index contributed by atoms with van der Waals surface area (Å²) < 4.78 is 61.9. The smallest absolute Gasteiger partial charge is 0.282 e. The SMILES string of the molecule is CC1CN(S(=O)(=O)N2CCN(S(=O)(=O)c3c[nH]c(C(=O)N4CCCC4)c3)CC2)CC(C)O1. The minimum atomic E-state index is -3.83. The second-order valence-electron chi connectivity index (χ2n) is 8.63. The third kappa shape index (κ3) is 4.59. The zero-order valence-electron chi connectivity index (χ0n) is 18.4. The maximum atomic E-state index is 13.1. The number of aromatic amines is 1. The van der Waals surface area contributed by atoms with Gasteiger partial charge in [-0.15, -0.1) is 0 Å². The van der Waals surface area contributed by atoms with Gasteiger partial charge in [-0.2, -0.15) is 21.3 Å². The standard InChI is InChI=1S/C19H31N5O6S2/c1-15-13-24(14-16(2)30-15)32(28,29)23-9-7-22(8-10-23)31(26,27)17-11-18(20-12-17)19(25)21-5-3-4-6-21/h11-12,15-16,20H,3-10,13-14H2,1-2H3. The highest BCUT2D eigenvalue weighted by atomic mass is 32.2. The molecule has 32 heavy (non-hydrogen) atoms. The van der Waals surface area contributed by atoms with Crippen LogP contribution in [0.4, 0.5) is 0 Å². The number of carbonyl (C=O) groups is 1. The van der Waals surface area contributed by atoms with Gasteiger partial charge in [-0.1, -0.05) is 0 Å². The summed E-state index contributed by atoms with van der Waals surface area (Å²) in [5.41, 5.74) is 0.252. The average Bonchev–Trinajstić information content (AvgIpc) is 3.45. The summed E-state index contributed by atoms with van der Waals surface area (Å²) in [5.74, 6) is -0.200. The number of ether oxygens (including phenoxy) is 1. The van der Waals surface area contributed by atoms with E-state index in [0.717, 1.165) is 12.8 Å². The van der Waals surface area contributed by atoms with Crippen LogP contribution in [0.1, 0.15) is 37.2 Å². The Morgan fingerprint density at radius 2 is 1.47 bits per heavy atom. The topological polar surface area (TPSA) is 123 Å². The first-order valence-electron chi connectivity index (χ1n) is 11.0. The molecule has 0 radical (unpaired) electrons. The molecule has 0 aliphatic carbocycles. The molecule has 3 aliphatic heterocycles. The molecule has 3 saturated heterocycles. The molecule has 4 heterocycles. The van der Waals surface area contributed by atoms with Crippen LogP contribution in [0.25, 0.3) is 0 Å². The van der Waals surface area contributed by atoms with E-state index in [1.54, 1.807) is 4.90 Å². The molecule has 2 atom stereocenters. The normalized spacial score (nSPS) is 27.1. The maximum absolute atomic E-state index is 13.1. The Hall–Kier alpha value is -1.51. The predicted molar refractivity (Wildman–Crippen MR) is 117 cm³/mol. The van der Waals surface area contributed by atoms with Crippen molar-refractivity contribution < 1.29 is 26.4 Å². The number of likely N-dealkylation sites (tertiary alicyclic amines) is 1. The van der Waals surface area contributed by atoms with Gasteiger partial charge < -0.3 is 14.6 Å². The molecule has 1 N–H and O–H groups in total. The number of nitrogens with zero attached hydrogens (tertiary/aromatic N) is 4. The summed E-state index contributed by atoms with van der Waals surface area (Å²) in [4.78, 5) is 17.0. The first-order valence-corrected chi connectivity index (χ1v) is 13.8. The monoisotopic (exact) mass is 489 g/mol. The lowest BCUT2D eigenvalue weighted by atomic mass is 10.3. The van der Waals surface area contributed by atoms with Crippen molar-refractivity contribution in [1.82, 2.24) is 22.8 Å². The fraction of sp³-hybridized carbons (Fsp3) is 0.737. The first kappa shape index (κ1) is 23.6. The number of piperazine rings is 1. The van der Waals surface area contributed by atoms with E-state index in [-0.39, 0.29) is 68.0 Å². The molecule has 4 rings (SSSR count). The van der Waals surface area contributed by atoms with Crippen LogP contribution in [0.3, 0.4) is 0 Å². The van der Waals surface area contributed by atoms with Crippen molar-refractivity contribution >= 4 is 26.1 Å². The molecule has 2 unspecified atom stereocenters. The summed E-state index contributed by atoms with van der Waals surface area (Å²) in [6, 6.07) is 1.37. The van der Waals surface area contributed by atoms with Crippen molar-refractivity contribution in [3.63, 3.8) is 0 Å². The molecule has 1 aromatic heterocycles. The number of H-pyrrole nitrogens is 1. The lowest BCUT2D eigenvalue weighted by Crippen LogP contribution is -2.57. The molecule has 11 nitrogen and oxygen atoms in total. The van der Waals surface area contributed by atoms with Crippen molar-refractivity contribution in [2.24, 2.45) is 0 Å². The highest BCUT2D eigenvalue weighted by Gasteiger charge is 2.39. The van der Waals surface area contributed by atoms with E-state index in [1.165, 1.54) is 25.2 Å². The van der Waals surface area contributed by atoms with E-state index in [2.05, 4.69) is 4.98 Å². The number of amides is 1. The molecule has 3 aliphatic rings. The molecule has 0 aromatic carbocycles. The summed E-state index contributed by atoms with van der Waals surface area (Å²) >= 11 is 0. The molecule has 0 saturated carbocycles. The molecule has 0 bridgehead atoms. The zero-order valence-corrected chi connectivity index (χ0v) is 20.1. The lowest BCUT2D eigenvalue weighted by molar-refractivity contribution is -0.0456. The van der Waals surface area contributed by atoms with E-state index < -0.39 is 20.2 Å². The summed E-state index contributed by atoms with van der Waals surface area (Å²) in [6.07, 6.45) is 2.85. The summed E-state index contributed by atoms with van der Waals surface area (Å²) in [7, 11) is -7.53. The summed E-state index contributed by atoms with van der Waals surface area (Å²) in [6.45, 7) is 5.84. The zero-order chi connectivity index (χ0) is 23.1. The van der Waals surface area contributed by atoms with Gasteiger partial charge in [0.2, 0.25) is 10.0 Å². The van der Waals surface area contributed by atoms with Gasteiger partial charge in [0, 0.05) is 58.6 Å². The van der Waals surface area contributed by atoms with Crippen molar-refractivity contribution in [2.75, 3.05) is 52.4 Å². The van der Waals surface area contributed by atoms with Crippen LogP contribution in [0.2, 0.25) is 0 Å². The minimum Gasteiger partial charge on any atom is -0.373 e. The Morgan fingerprint density at radius 3 is 2.06 bits per heavy atom. The van der Waals surface area contributed by atoms with Crippen LogP contribution in [-0.4, -0.2) is 110 Å². The van der Waals surface area contributed by atoms with Crippen molar-refractivity contribution in [2.45, 2.75) is 43.8 Å². The van der Waals surface area contributed by atoms with Crippen LogP contribution in [-0.2, 0) is 25.0 Å². The van der Waals surface area contributed by atoms with E-state index in [0.29, 0.717) is 13.1 Å². The van der Waals surface area contributed by atoms with Gasteiger partial charge in [-0.05, 0) is 32.8 Å². The minimum absolute atomic E-state index is 0.0205. The van der Waals surface area contributed by atoms with Crippen LogP contribution in [0.5, 0.6) is 0 Å². The number of hydrogen-bond donors (Lipinski definition) is 1. The Morgan fingerprint density at radius 1 is 0.906 bits per heavy atom. The predicted octanol–water partition coefficient (Wildman–Crippen LogP) is -0.0890. The number of nitrogens with one attached hydrogen (secondary N) is 1. The number of carbonyl (C=O) groups excluding carboxylic acids is 1. The Labute approximate surface area is 189 Å². The summed E-state index contributed by atoms with van der Waals surface area (Å²) in [5, 5.41) is 0. The van der Waals surface area contributed by atoms with Crippen LogP contribution in [0.15, 0.2) is 17.2 Å². The second kappa shape index (κ2) is 9.03. The van der Waals surface area contributed by atoms with Gasteiger partial charge in [0.1, 0.15) is 10.6 Å². The van der Waals surface area contributed by atoms with Crippen molar-refractivity contribution in [3.05, 3.63) is 18.0 Å². The number of rotatable bonds is 5. The number of aromatic nitrogens is 1. The van der Waals surface area contributed by atoms with Crippen LogP contribution in [0, 0.1) is 0 Å². The van der Waals surface area contributed by atoms with Gasteiger partial charge in [-0.25, -0.2) is 8.42 Å². The fourth-order valence-electron chi connectivity index (χ4n) is 4.51. The highest BCUT2D eigenvalue weighted by molar-refractivity contribution is 7.89. The molecule has 13 heteroatoms. The number of morpholine rings is 1. The Bertz CT molecular complexity index is 1030. The number of sulfonamides is 1. The fourth-order valence-corrected chi connectivity index (χ4v) is 7.67. The van der Waals surface area contributed by atoms with E-state index in [1.807, 2.05) is 13.8 Å². The van der Waals surface area contributed by atoms with Gasteiger partial charge in [-0.3, -0.25) is 4.79 Å². The lowest BCUT2D eigenvalue weighted by Gasteiger charge is -2.39. The van der Waals surface area contributed by atoms with Crippen molar-refractivity contribution in [1.29, 1.82) is 0 Å². The van der Waals surface area contributed by atoms with Gasteiger partial charge in [0.05, 0.1) is 12.2 Å². The average molecular weight is 490 g/mol. The molecule has 0 spiro atoms. The van der Waals surface area contributed by atoms with Crippen LogP contribution < -0.4 is 0 Å². The molecular formula is C19H31N5O6S2. The maximum Gasteiger partial charge on any atom is 0.282 e. The van der Waals surface area contributed by atoms with Crippen LogP contribution >= 0.6 is 0 Å². The van der Waals surface area contributed by atoms with Gasteiger partial charge >= 0.3 is 0 Å². The Balaban J connectivity index is 1.41. The van der Waals surface area contributed by atoms with E-state index in [4.69, 9.17) is 4.74 Å². The van der Waals surface area contributed by atoms with Gasteiger partial charge in [0.25, 0.3) is 16.1 Å². The van der Waals surface area contributed by atoms with Crippen molar-refractivity contribution in [3.8, 4) is 0 Å². The highest BCUT2D eigenvalue weighted by Crippen LogP contribution is 2.23. The van der Waals surface area contributed by atoms with E-state index in [9.17, 15) is 21.6 Å². The third-order valence-corrected chi connectivity index (χ3v) is 10.00. The molecule has 1 aromatic rings. The second-order valence-corrected chi connectivity index (χ2v) is 12.5. The van der Waals surface area contributed by atoms with Gasteiger partial charge in [0.15, 0.2) is 0 Å². The van der Waals surface area contributed by atoms with E-state index >= 15 is 0 Å². The Kier molecular flexibility index (Phi) is 6.67. The largest absolute Gasteiger partial charge is 0.373 e. The molecule has 180 valence electrons. The molecular weight excluding hydrogens is 458 g/mol. The molecule has 3 fully saturated rings. The third-order valence-electron chi connectivity index (χ3n) is 6.15.